The van der Waals surface area contributed by atoms with Crippen LogP contribution in [0.1, 0.15) is 30.0 Å². The summed E-state index contributed by atoms with van der Waals surface area (Å²) < 4.78 is 30.3. The highest BCUT2D eigenvalue weighted by Crippen LogP contribution is 2.43. The Morgan fingerprint density at radius 3 is 2.32 bits per heavy atom. The maximum Gasteiger partial charge on any atom is 0.320 e. The first kappa shape index (κ1) is 19.9. The summed E-state index contributed by atoms with van der Waals surface area (Å²) in [5.41, 5.74) is 1.41. The van der Waals surface area contributed by atoms with Crippen LogP contribution in [0.2, 0.25) is 0 Å². The van der Waals surface area contributed by atoms with Gasteiger partial charge in [-0.15, -0.1) is 0 Å². The number of likely N-dealkylation sites (tertiary alicyclic amines) is 1. The highest BCUT2D eigenvalue weighted by molar-refractivity contribution is 5.74. The minimum Gasteiger partial charge on any atom is -0.493 e. The molecule has 150 valence electrons. The molecule has 2 aromatic carbocycles. The van der Waals surface area contributed by atoms with Gasteiger partial charge in [-0.3, -0.25) is 9.69 Å². The summed E-state index contributed by atoms with van der Waals surface area (Å²) in [6.45, 7) is 0.592. The van der Waals surface area contributed by atoms with Gasteiger partial charge in [0.05, 0.1) is 27.4 Å². The van der Waals surface area contributed by atoms with Crippen LogP contribution in [-0.4, -0.2) is 49.9 Å². The van der Waals surface area contributed by atoms with Crippen LogP contribution in [0, 0.1) is 5.82 Å². The van der Waals surface area contributed by atoms with Crippen LogP contribution in [0.5, 0.6) is 17.2 Å². The number of nitrogens with zero attached hydrogens (tertiary/aromatic N) is 1. The lowest BCUT2D eigenvalue weighted by Crippen LogP contribution is -2.39. The first-order chi connectivity index (χ1) is 13.5. The third-order valence-corrected chi connectivity index (χ3v) is 5.08. The minimum absolute atomic E-state index is 0.374. The molecule has 1 heterocycles. The fraction of sp³-hybridized carbons (Fsp3) is 0.381. The van der Waals surface area contributed by atoms with Gasteiger partial charge >= 0.3 is 5.97 Å². The minimum atomic E-state index is -0.883. The average molecular weight is 389 g/mol. The molecular formula is C21H24FNO5. The van der Waals surface area contributed by atoms with E-state index in [-0.39, 0.29) is 5.82 Å². The highest BCUT2D eigenvalue weighted by Gasteiger charge is 2.37. The fourth-order valence-corrected chi connectivity index (χ4v) is 3.87. The summed E-state index contributed by atoms with van der Waals surface area (Å²) in [5, 5.41) is 9.68. The van der Waals surface area contributed by atoms with Crippen LogP contribution in [0.4, 0.5) is 4.39 Å². The molecule has 1 aliphatic rings. The van der Waals surface area contributed by atoms with Gasteiger partial charge in [-0.2, -0.15) is 0 Å². The maximum atomic E-state index is 14.0. The van der Waals surface area contributed by atoms with Gasteiger partial charge in [-0.25, -0.2) is 4.39 Å². The van der Waals surface area contributed by atoms with Gasteiger partial charge in [-0.05, 0) is 48.2 Å². The van der Waals surface area contributed by atoms with Crippen molar-refractivity contribution in [1.29, 1.82) is 0 Å². The molecule has 2 unspecified atom stereocenters. The smallest absolute Gasteiger partial charge is 0.320 e. The predicted octanol–water partition coefficient (Wildman–Crippen LogP) is 3.49. The van der Waals surface area contributed by atoms with Crippen molar-refractivity contribution in [2.24, 2.45) is 0 Å². The fourth-order valence-electron chi connectivity index (χ4n) is 3.87. The van der Waals surface area contributed by atoms with E-state index in [1.165, 1.54) is 33.5 Å². The van der Waals surface area contributed by atoms with Gasteiger partial charge in [0.1, 0.15) is 11.9 Å². The normalized spacial score (nSPS) is 17.9. The Kier molecular flexibility index (Phi) is 6.04. The molecule has 0 aliphatic carbocycles. The van der Waals surface area contributed by atoms with E-state index in [9.17, 15) is 14.3 Å². The Balaban J connectivity index is 2.18. The van der Waals surface area contributed by atoms with Crippen molar-refractivity contribution in [2.45, 2.75) is 24.9 Å². The van der Waals surface area contributed by atoms with E-state index >= 15 is 0 Å². The molecule has 0 amide bonds. The lowest BCUT2D eigenvalue weighted by Gasteiger charge is -2.32. The number of methoxy groups -OCH3 is 3. The Morgan fingerprint density at radius 2 is 1.79 bits per heavy atom. The molecule has 1 N–H and O–H groups in total. The number of carboxylic acid groups (broad SMARTS) is 1. The Labute approximate surface area is 163 Å². The molecule has 1 saturated heterocycles. The lowest BCUT2D eigenvalue weighted by atomic mass is 9.95. The SMILES string of the molecule is COc1cc(C(c2cccc(F)c2)N2CCCC2C(=O)O)cc(OC)c1OC. The quantitative estimate of drug-likeness (QED) is 0.782. The second-order valence-electron chi connectivity index (χ2n) is 6.65. The monoisotopic (exact) mass is 389 g/mol. The maximum absolute atomic E-state index is 14.0. The highest BCUT2D eigenvalue weighted by atomic mass is 19.1. The molecule has 0 spiro atoms. The van der Waals surface area contributed by atoms with Gasteiger partial charge in [0, 0.05) is 6.54 Å². The van der Waals surface area contributed by atoms with Gasteiger partial charge in [0.2, 0.25) is 5.75 Å². The molecule has 0 bridgehead atoms. The van der Waals surface area contributed by atoms with E-state index in [4.69, 9.17) is 14.2 Å². The molecule has 7 heteroatoms. The van der Waals surface area contributed by atoms with E-state index in [1.54, 1.807) is 24.3 Å². The second-order valence-corrected chi connectivity index (χ2v) is 6.65. The molecular weight excluding hydrogens is 365 g/mol. The number of rotatable bonds is 7. The zero-order valence-electron chi connectivity index (χ0n) is 16.1. The Morgan fingerprint density at radius 1 is 1.11 bits per heavy atom. The van der Waals surface area contributed by atoms with Crippen LogP contribution in [0.15, 0.2) is 36.4 Å². The second kappa shape index (κ2) is 8.48. The van der Waals surface area contributed by atoms with Crippen molar-refractivity contribution in [3.05, 3.63) is 53.3 Å². The van der Waals surface area contributed by atoms with Crippen LogP contribution in [0.25, 0.3) is 0 Å². The molecule has 1 fully saturated rings. The first-order valence-corrected chi connectivity index (χ1v) is 9.04. The van der Waals surface area contributed by atoms with Crippen LogP contribution < -0.4 is 14.2 Å². The average Bonchev–Trinajstić information content (AvgIpc) is 3.17. The Hall–Kier alpha value is -2.80. The zero-order valence-corrected chi connectivity index (χ0v) is 16.1. The first-order valence-electron chi connectivity index (χ1n) is 9.04. The molecule has 28 heavy (non-hydrogen) atoms. The molecule has 0 radical (unpaired) electrons. The van der Waals surface area contributed by atoms with Gasteiger partial charge < -0.3 is 19.3 Å². The van der Waals surface area contributed by atoms with Gasteiger partial charge in [0.25, 0.3) is 0 Å². The number of hydrogen-bond acceptors (Lipinski definition) is 5. The Bertz CT molecular complexity index is 831. The third-order valence-electron chi connectivity index (χ3n) is 5.08. The molecule has 1 aliphatic heterocycles. The largest absolute Gasteiger partial charge is 0.493 e. The van der Waals surface area contributed by atoms with Crippen LogP contribution in [0.3, 0.4) is 0 Å². The summed E-state index contributed by atoms with van der Waals surface area (Å²) >= 11 is 0. The van der Waals surface area contributed by atoms with Crippen molar-refractivity contribution in [2.75, 3.05) is 27.9 Å². The molecule has 6 nitrogen and oxygen atoms in total. The van der Waals surface area contributed by atoms with Crippen molar-refractivity contribution in [1.82, 2.24) is 4.90 Å². The van der Waals surface area contributed by atoms with Crippen LogP contribution in [-0.2, 0) is 4.79 Å². The molecule has 0 aromatic heterocycles. The molecule has 2 atom stereocenters. The van der Waals surface area contributed by atoms with Gasteiger partial charge in [0.15, 0.2) is 11.5 Å². The van der Waals surface area contributed by atoms with E-state index < -0.39 is 18.1 Å². The van der Waals surface area contributed by atoms with Crippen molar-refractivity contribution in [3.63, 3.8) is 0 Å². The number of hydrogen-bond donors (Lipinski definition) is 1. The third kappa shape index (κ3) is 3.75. The number of ether oxygens (including phenoxy) is 3. The molecule has 2 aromatic rings. The van der Waals surface area contributed by atoms with E-state index in [1.807, 2.05) is 4.90 Å². The number of halogens is 1. The number of carbonyl (C=O) groups is 1. The van der Waals surface area contributed by atoms with Crippen molar-refractivity contribution >= 4 is 5.97 Å². The summed E-state index contributed by atoms with van der Waals surface area (Å²) in [4.78, 5) is 13.7. The summed E-state index contributed by atoms with van der Waals surface area (Å²) in [7, 11) is 4.56. The van der Waals surface area contributed by atoms with Crippen LogP contribution >= 0.6 is 0 Å². The van der Waals surface area contributed by atoms with Gasteiger partial charge in [-0.1, -0.05) is 12.1 Å². The summed E-state index contributed by atoms with van der Waals surface area (Å²) in [6.07, 6.45) is 1.30. The standard InChI is InChI=1S/C21H24FNO5/c1-26-17-11-14(12-18(27-2)20(17)28-3)19(13-6-4-7-15(22)10-13)23-9-5-8-16(23)21(24)25/h4,6-7,10-12,16,19H,5,8-9H2,1-3H3,(H,24,25). The molecule has 0 saturated carbocycles. The molecule has 3 rings (SSSR count). The predicted molar refractivity (Wildman–Crippen MR) is 102 cm³/mol. The van der Waals surface area contributed by atoms with E-state index in [0.717, 1.165) is 12.0 Å². The van der Waals surface area contributed by atoms with E-state index in [0.29, 0.717) is 35.8 Å². The van der Waals surface area contributed by atoms with Crippen molar-refractivity contribution < 1.29 is 28.5 Å². The summed E-state index contributed by atoms with van der Waals surface area (Å²) in [5.74, 6) is 0.115. The topological polar surface area (TPSA) is 68.2 Å². The van der Waals surface area contributed by atoms with Crippen molar-refractivity contribution in [3.8, 4) is 17.2 Å². The number of benzene rings is 2. The zero-order chi connectivity index (χ0) is 20.3. The van der Waals surface area contributed by atoms with E-state index in [2.05, 4.69) is 0 Å². The lowest BCUT2D eigenvalue weighted by molar-refractivity contribution is -0.142. The summed E-state index contributed by atoms with van der Waals surface area (Å²) in [6, 6.07) is 8.69. The number of aliphatic carboxylic acids is 1. The number of carboxylic acids is 1.